The summed E-state index contributed by atoms with van der Waals surface area (Å²) < 4.78 is 4.18. The van der Waals surface area contributed by atoms with Crippen molar-refractivity contribution < 1.29 is 9.53 Å². The van der Waals surface area contributed by atoms with E-state index in [1.165, 1.54) is 0 Å². The highest BCUT2D eigenvalue weighted by Gasteiger charge is 1.91. The Kier molecular flexibility index (Phi) is 7.73. The van der Waals surface area contributed by atoms with Gasteiger partial charge in [-0.2, -0.15) is 0 Å². The van der Waals surface area contributed by atoms with Crippen LogP contribution in [0.4, 0.5) is 4.79 Å². The monoisotopic (exact) mass is 175 g/mol. The summed E-state index contributed by atoms with van der Waals surface area (Å²) in [5.74, 6) is 0. The average molecular weight is 175 g/mol. The number of carbonyl (C=O) groups excluding carboxylic acids is 1. The fourth-order valence-electron chi connectivity index (χ4n) is 0.746. The molecule has 1 aliphatic rings. The summed E-state index contributed by atoms with van der Waals surface area (Å²) in [7, 11) is 0. The highest BCUT2D eigenvalue weighted by Crippen LogP contribution is 1.66. The molecule has 0 aromatic carbocycles. The molecule has 0 aromatic heterocycles. The van der Waals surface area contributed by atoms with E-state index in [4.69, 9.17) is 0 Å². The maximum Gasteiger partial charge on any atom is 0.404 e. The van der Waals surface area contributed by atoms with Crippen molar-refractivity contribution in [3.05, 3.63) is 0 Å². The zero-order chi connectivity index (χ0) is 9.23. The summed E-state index contributed by atoms with van der Waals surface area (Å²) in [5, 5.41) is 6.44. The van der Waals surface area contributed by atoms with Crippen LogP contribution in [0.5, 0.6) is 0 Å². The Morgan fingerprint density at radius 1 is 1.33 bits per heavy atom. The first-order valence-electron chi connectivity index (χ1n) is 4.11. The normalized spacial score (nSPS) is 15.8. The van der Waals surface area contributed by atoms with Crippen molar-refractivity contribution in [1.29, 1.82) is 0 Å². The van der Waals surface area contributed by atoms with Crippen LogP contribution in [-0.2, 0) is 4.74 Å². The highest BCUT2D eigenvalue weighted by molar-refractivity contribution is 5.64. The van der Waals surface area contributed by atoms with E-state index in [9.17, 15) is 4.79 Å². The Balaban J connectivity index is 0.000000202. The molecular weight excluding hydrogens is 158 g/mol. The van der Waals surface area contributed by atoms with Gasteiger partial charge in [0, 0.05) is 26.2 Å². The first-order chi connectivity index (χ1) is 5.77. The van der Waals surface area contributed by atoms with Crippen LogP contribution in [-0.4, -0.2) is 38.9 Å². The van der Waals surface area contributed by atoms with Crippen LogP contribution in [0.25, 0.3) is 0 Å². The first-order valence-corrected chi connectivity index (χ1v) is 4.11. The molecule has 1 heterocycles. The van der Waals surface area contributed by atoms with Crippen LogP contribution in [0.2, 0.25) is 0 Å². The zero-order valence-electron chi connectivity index (χ0n) is 7.43. The Morgan fingerprint density at radius 2 is 1.75 bits per heavy atom. The number of nitrogens with two attached hydrogens (primary N) is 1. The minimum atomic E-state index is -0.711. The molecule has 0 spiro atoms. The molecule has 0 aromatic rings. The van der Waals surface area contributed by atoms with E-state index in [2.05, 4.69) is 21.1 Å². The van der Waals surface area contributed by atoms with Gasteiger partial charge >= 0.3 is 6.09 Å². The maximum atomic E-state index is 9.60. The van der Waals surface area contributed by atoms with E-state index in [1.807, 2.05) is 0 Å². The molecule has 5 heteroatoms. The zero-order valence-corrected chi connectivity index (χ0v) is 7.43. The Morgan fingerprint density at radius 3 is 1.83 bits per heavy atom. The lowest BCUT2D eigenvalue weighted by Crippen LogP contribution is -2.39. The van der Waals surface area contributed by atoms with Gasteiger partial charge in [-0.15, -0.1) is 0 Å². The van der Waals surface area contributed by atoms with Crippen LogP contribution in [0.15, 0.2) is 0 Å². The predicted molar refractivity (Wildman–Crippen MR) is 46.9 cm³/mol. The van der Waals surface area contributed by atoms with Crippen LogP contribution < -0.4 is 16.4 Å². The summed E-state index contributed by atoms with van der Waals surface area (Å²) in [6.07, 6.45) is -0.711. The number of hydrogen-bond acceptors (Lipinski definition) is 4. The van der Waals surface area contributed by atoms with Gasteiger partial charge < -0.3 is 21.1 Å². The number of nitrogens with one attached hydrogen (secondary N) is 2. The largest absolute Gasteiger partial charge is 0.450 e. The lowest BCUT2D eigenvalue weighted by Gasteiger charge is -2.11. The summed E-state index contributed by atoms with van der Waals surface area (Å²) in [5.41, 5.74) is 4.54. The average Bonchev–Trinajstić information content (AvgIpc) is 2.08. The lowest BCUT2D eigenvalue weighted by atomic mass is 10.4. The van der Waals surface area contributed by atoms with Gasteiger partial charge in [-0.3, -0.25) is 0 Å². The van der Waals surface area contributed by atoms with Gasteiger partial charge in [0.05, 0.1) is 6.61 Å². The highest BCUT2D eigenvalue weighted by atomic mass is 16.5. The molecule has 1 saturated heterocycles. The van der Waals surface area contributed by atoms with Crippen LogP contribution >= 0.6 is 0 Å². The molecule has 1 rings (SSSR count). The molecule has 0 aliphatic carbocycles. The number of ether oxygens (including phenoxy) is 1. The molecule has 5 nitrogen and oxygen atoms in total. The third-order valence-corrected chi connectivity index (χ3v) is 1.24. The van der Waals surface area contributed by atoms with Crippen molar-refractivity contribution >= 4 is 6.09 Å². The fourth-order valence-corrected chi connectivity index (χ4v) is 0.746. The second kappa shape index (κ2) is 8.29. The third-order valence-electron chi connectivity index (χ3n) is 1.24. The van der Waals surface area contributed by atoms with Gasteiger partial charge in [0.1, 0.15) is 0 Å². The van der Waals surface area contributed by atoms with Gasteiger partial charge in [-0.1, -0.05) is 0 Å². The van der Waals surface area contributed by atoms with Gasteiger partial charge in [0.15, 0.2) is 0 Å². The fraction of sp³-hybridized carbons (Fsp3) is 0.857. The van der Waals surface area contributed by atoms with Crippen molar-refractivity contribution in [2.75, 3.05) is 32.8 Å². The second-order valence-electron chi connectivity index (χ2n) is 2.25. The third kappa shape index (κ3) is 9.19. The van der Waals surface area contributed by atoms with Crippen molar-refractivity contribution in [3.63, 3.8) is 0 Å². The molecule has 0 bridgehead atoms. The number of hydrogen-bond donors (Lipinski definition) is 3. The Labute approximate surface area is 72.6 Å². The first kappa shape index (κ1) is 11.2. The van der Waals surface area contributed by atoms with E-state index < -0.39 is 6.09 Å². The van der Waals surface area contributed by atoms with Gasteiger partial charge in [0.2, 0.25) is 0 Å². The molecular formula is C7H17N3O2. The molecule has 0 radical (unpaired) electrons. The van der Waals surface area contributed by atoms with Crippen molar-refractivity contribution in [1.82, 2.24) is 10.6 Å². The standard InChI is InChI=1S/C4H10N2.C3H7NO2/c1-2-6-4-3-5-1;1-2-6-3(4)5/h5-6H,1-4H2;2H2,1H3,(H2,4,5). The molecule has 0 saturated carbocycles. The topological polar surface area (TPSA) is 76.4 Å². The van der Waals surface area contributed by atoms with Gasteiger partial charge in [-0.05, 0) is 6.92 Å². The molecule has 0 atom stereocenters. The number of amides is 1. The van der Waals surface area contributed by atoms with E-state index >= 15 is 0 Å². The maximum absolute atomic E-state index is 9.60. The second-order valence-corrected chi connectivity index (χ2v) is 2.25. The molecule has 1 aliphatic heterocycles. The number of rotatable bonds is 1. The molecule has 1 amide bonds. The van der Waals surface area contributed by atoms with Crippen LogP contribution in [0, 0.1) is 0 Å². The summed E-state index contributed by atoms with van der Waals surface area (Å²) in [4.78, 5) is 9.60. The molecule has 1 fully saturated rings. The number of carbonyl (C=O) groups is 1. The van der Waals surface area contributed by atoms with Crippen molar-refractivity contribution in [2.24, 2.45) is 5.73 Å². The van der Waals surface area contributed by atoms with Gasteiger partial charge in [-0.25, -0.2) is 4.79 Å². The summed E-state index contributed by atoms with van der Waals surface area (Å²) >= 11 is 0. The molecule has 4 N–H and O–H groups in total. The summed E-state index contributed by atoms with van der Waals surface area (Å²) in [6, 6.07) is 0. The number of primary amides is 1. The minimum Gasteiger partial charge on any atom is -0.450 e. The minimum absolute atomic E-state index is 0.356. The quantitative estimate of drug-likeness (QED) is 0.491. The lowest BCUT2D eigenvalue weighted by molar-refractivity contribution is 0.163. The SMILES string of the molecule is C1CNCCN1.CCOC(N)=O. The van der Waals surface area contributed by atoms with E-state index in [-0.39, 0.29) is 0 Å². The number of piperazine rings is 1. The summed E-state index contributed by atoms with van der Waals surface area (Å²) in [6.45, 7) is 6.61. The molecule has 0 unspecified atom stereocenters. The Bertz CT molecular complexity index is 104. The molecule has 12 heavy (non-hydrogen) atoms. The predicted octanol–water partition coefficient (Wildman–Crippen LogP) is -0.719. The van der Waals surface area contributed by atoms with E-state index in [1.54, 1.807) is 6.92 Å². The van der Waals surface area contributed by atoms with Crippen LogP contribution in [0.3, 0.4) is 0 Å². The van der Waals surface area contributed by atoms with Crippen molar-refractivity contribution in [2.45, 2.75) is 6.92 Å². The smallest absolute Gasteiger partial charge is 0.404 e. The Hall–Kier alpha value is -0.810. The van der Waals surface area contributed by atoms with E-state index in [0.717, 1.165) is 26.2 Å². The molecule has 72 valence electrons. The van der Waals surface area contributed by atoms with Gasteiger partial charge in [0.25, 0.3) is 0 Å². The van der Waals surface area contributed by atoms with Crippen LogP contribution in [0.1, 0.15) is 6.92 Å². The van der Waals surface area contributed by atoms with E-state index in [0.29, 0.717) is 6.61 Å². The van der Waals surface area contributed by atoms with Crippen molar-refractivity contribution in [3.8, 4) is 0 Å².